The Morgan fingerprint density at radius 2 is 1.95 bits per heavy atom. The average molecular weight is 294 g/mol. The third kappa shape index (κ3) is 3.36. The van der Waals surface area contributed by atoms with Crippen LogP contribution in [0.5, 0.6) is 0 Å². The lowest BCUT2D eigenvalue weighted by Crippen LogP contribution is -2.30. The van der Waals surface area contributed by atoms with E-state index in [0.717, 1.165) is 5.56 Å². The molecule has 1 aromatic carbocycles. The Hall–Kier alpha value is -1.43. The molecule has 0 amide bonds. The lowest BCUT2D eigenvalue weighted by Gasteiger charge is -2.28. The van der Waals surface area contributed by atoms with E-state index in [2.05, 4.69) is 0 Å². The molecule has 4 nitrogen and oxygen atoms in total. The molecule has 108 valence electrons. The minimum absolute atomic E-state index is 0.0689. The molecule has 1 aromatic rings. The Labute approximate surface area is 119 Å². The van der Waals surface area contributed by atoms with E-state index in [4.69, 9.17) is 4.18 Å². The Bertz CT molecular complexity index is 614. The van der Waals surface area contributed by atoms with Crippen LogP contribution in [0.1, 0.15) is 12.0 Å². The summed E-state index contributed by atoms with van der Waals surface area (Å²) in [5.74, 6) is 0. The van der Waals surface area contributed by atoms with E-state index in [-0.39, 0.29) is 18.1 Å². The van der Waals surface area contributed by atoms with Crippen LogP contribution in [0.15, 0.2) is 53.5 Å². The molecular weight excluding hydrogens is 276 g/mol. The summed E-state index contributed by atoms with van der Waals surface area (Å²) < 4.78 is 29.3. The predicted molar refractivity (Wildman–Crippen MR) is 76.7 cm³/mol. The van der Waals surface area contributed by atoms with Crippen molar-refractivity contribution in [1.29, 1.82) is 0 Å². The van der Waals surface area contributed by atoms with E-state index in [1.54, 1.807) is 24.3 Å². The molecule has 5 heteroatoms. The topological polar surface area (TPSA) is 63.6 Å². The zero-order valence-corrected chi connectivity index (χ0v) is 12.1. The minimum atomic E-state index is -3.79. The maximum atomic E-state index is 12.1. The maximum absolute atomic E-state index is 12.1. The van der Waals surface area contributed by atoms with Crippen LogP contribution in [-0.4, -0.2) is 26.7 Å². The van der Waals surface area contributed by atoms with Crippen molar-refractivity contribution in [2.75, 3.05) is 13.2 Å². The first-order valence-electron chi connectivity index (χ1n) is 6.39. The van der Waals surface area contributed by atoms with Gasteiger partial charge < -0.3 is 5.11 Å². The fraction of sp³-hybridized carbons (Fsp3) is 0.333. The van der Waals surface area contributed by atoms with Gasteiger partial charge in [0.1, 0.15) is 0 Å². The number of rotatable bonds is 5. The van der Waals surface area contributed by atoms with E-state index in [9.17, 15) is 13.5 Å². The summed E-state index contributed by atoms with van der Waals surface area (Å²) in [6, 6.07) is 6.49. The van der Waals surface area contributed by atoms with Crippen molar-refractivity contribution in [1.82, 2.24) is 0 Å². The fourth-order valence-electron chi connectivity index (χ4n) is 1.95. The summed E-state index contributed by atoms with van der Waals surface area (Å²) in [6.07, 6.45) is 7.89. The lowest BCUT2D eigenvalue weighted by molar-refractivity contribution is 0.110. The van der Waals surface area contributed by atoms with Gasteiger partial charge in [0.05, 0.1) is 18.1 Å². The highest BCUT2D eigenvalue weighted by molar-refractivity contribution is 7.86. The molecule has 1 aliphatic rings. The summed E-state index contributed by atoms with van der Waals surface area (Å²) in [4.78, 5) is 0.131. The van der Waals surface area contributed by atoms with Gasteiger partial charge in [0.25, 0.3) is 10.1 Å². The largest absolute Gasteiger partial charge is 0.395 e. The Kier molecular flexibility index (Phi) is 4.42. The SMILES string of the molecule is Cc1ccc(S(=O)(=O)OCC2(CO)C=CC=CC2)cc1. The fourth-order valence-corrected chi connectivity index (χ4v) is 2.94. The van der Waals surface area contributed by atoms with Crippen molar-refractivity contribution < 1.29 is 17.7 Å². The molecule has 0 fully saturated rings. The van der Waals surface area contributed by atoms with Gasteiger partial charge in [-0.25, -0.2) is 0 Å². The first kappa shape index (κ1) is 15.0. The van der Waals surface area contributed by atoms with Crippen LogP contribution in [0, 0.1) is 12.3 Å². The number of benzene rings is 1. The molecule has 0 aromatic heterocycles. The summed E-state index contributed by atoms with van der Waals surface area (Å²) in [6.45, 7) is 1.66. The van der Waals surface area contributed by atoms with Gasteiger partial charge in [0, 0.05) is 5.41 Å². The van der Waals surface area contributed by atoms with Crippen LogP contribution in [0.4, 0.5) is 0 Å². The molecule has 1 aliphatic carbocycles. The first-order chi connectivity index (χ1) is 9.47. The zero-order valence-electron chi connectivity index (χ0n) is 11.3. The van der Waals surface area contributed by atoms with Crippen molar-refractivity contribution in [2.45, 2.75) is 18.2 Å². The number of hydrogen-bond donors (Lipinski definition) is 1. The van der Waals surface area contributed by atoms with E-state index < -0.39 is 15.5 Å². The molecule has 0 bridgehead atoms. The summed E-state index contributed by atoms with van der Waals surface area (Å²) >= 11 is 0. The third-order valence-corrected chi connectivity index (χ3v) is 4.63. The van der Waals surface area contributed by atoms with Gasteiger partial charge in [0.2, 0.25) is 0 Å². The van der Waals surface area contributed by atoms with Crippen LogP contribution in [0.3, 0.4) is 0 Å². The number of aliphatic hydroxyl groups is 1. The monoisotopic (exact) mass is 294 g/mol. The molecule has 0 aliphatic heterocycles. The molecule has 0 spiro atoms. The highest BCUT2D eigenvalue weighted by atomic mass is 32.2. The lowest BCUT2D eigenvalue weighted by atomic mass is 9.83. The quantitative estimate of drug-likeness (QED) is 0.846. The number of allylic oxidation sites excluding steroid dienone is 3. The zero-order chi connectivity index (χ0) is 14.6. The smallest absolute Gasteiger partial charge is 0.297 e. The highest BCUT2D eigenvalue weighted by Gasteiger charge is 2.29. The third-order valence-electron chi connectivity index (χ3n) is 3.35. The number of hydrogen-bond acceptors (Lipinski definition) is 4. The molecule has 0 heterocycles. The predicted octanol–water partition coefficient (Wildman–Crippen LogP) is 2.20. The van der Waals surface area contributed by atoms with Gasteiger partial charge in [-0.2, -0.15) is 8.42 Å². The van der Waals surface area contributed by atoms with Gasteiger partial charge in [-0.1, -0.05) is 42.0 Å². The molecule has 0 radical (unpaired) electrons. The Balaban J connectivity index is 2.11. The van der Waals surface area contributed by atoms with Crippen molar-refractivity contribution in [3.8, 4) is 0 Å². The molecule has 1 atom stereocenters. The molecule has 20 heavy (non-hydrogen) atoms. The van der Waals surface area contributed by atoms with Gasteiger partial charge >= 0.3 is 0 Å². The first-order valence-corrected chi connectivity index (χ1v) is 7.80. The van der Waals surface area contributed by atoms with Crippen molar-refractivity contribution >= 4 is 10.1 Å². The van der Waals surface area contributed by atoms with Crippen LogP contribution in [0.2, 0.25) is 0 Å². The van der Waals surface area contributed by atoms with Crippen LogP contribution >= 0.6 is 0 Å². The van der Waals surface area contributed by atoms with Crippen molar-refractivity contribution in [3.63, 3.8) is 0 Å². The molecular formula is C15H18O4S. The van der Waals surface area contributed by atoms with Crippen LogP contribution < -0.4 is 0 Å². The number of aryl methyl sites for hydroxylation is 1. The van der Waals surface area contributed by atoms with Crippen molar-refractivity contribution in [2.24, 2.45) is 5.41 Å². The van der Waals surface area contributed by atoms with Gasteiger partial charge in [-0.15, -0.1) is 0 Å². The minimum Gasteiger partial charge on any atom is -0.395 e. The maximum Gasteiger partial charge on any atom is 0.297 e. The second-order valence-electron chi connectivity index (χ2n) is 5.04. The van der Waals surface area contributed by atoms with E-state index >= 15 is 0 Å². The second-order valence-corrected chi connectivity index (χ2v) is 6.66. The van der Waals surface area contributed by atoms with Gasteiger partial charge in [0.15, 0.2) is 0 Å². The normalized spacial score (nSPS) is 22.1. The van der Waals surface area contributed by atoms with E-state index in [0.29, 0.717) is 6.42 Å². The summed E-state index contributed by atoms with van der Waals surface area (Å²) in [5.41, 5.74) is 0.322. The average Bonchev–Trinajstić information content (AvgIpc) is 2.47. The molecule has 1 unspecified atom stereocenters. The van der Waals surface area contributed by atoms with Crippen LogP contribution in [0.25, 0.3) is 0 Å². The Morgan fingerprint density at radius 1 is 1.25 bits per heavy atom. The number of aliphatic hydroxyl groups excluding tert-OH is 1. The van der Waals surface area contributed by atoms with Gasteiger partial charge in [-0.3, -0.25) is 4.18 Å². The van der Waals surface area contributed by atoms with Crippen LogP contribution in [-0.2, 0) is 14.3 Å². The highest BCUT2D eigenvalue weighted by Crippen LogP contribution is 2.29. The summed E-state index contributed by atoms with van der Waals surface area (Å²) in [5, 5.41) is 9.49. The van der Waals surface area contributed by atoms with Crippen molar-refractivity contribution in [3.05, 3.63) is 54.1 Å². The molecule has 0 saturated heterocycles. The summed E-state index contributed by atoms with van der Waals surface area (Å²) in [7, 11) is -3.79. The van der Waals surface area contributed by atoms with E-state index in [1.165, 1.54) is 12.1 Å². The molecule has 0 saturated carbocycles. The Morgan fingerprint density at radius 3 is 2.50 bits per heavy atom. The molecule has 2 rings (SSSR count). The molecule has 1 N–H and O–H groups in total. The standard InChI is InChI=1S/C15H18O4S/c1-13-5-7-14(8-6-13)20(17,18)19-12-15(11-16)9-3-2-4-10-15/h2-9,16H,10-12H2,1H3. The van der Waals surface area contributed by atoms with Gasteiger partial charge in [-0.05, 0) is 25.5 Å². The second kappa shape index (κ2) is 5.91. The van der Waals surface area contributed by atoms with E-state index in [1.807, 2.05) is 19.1 Å².